The third-order valence-corrected chi connectivity index (χ3v) is 3.91. The zero-order valence-corrected chi connectivity index (χ0v) is 12.0. The molecular formula is C15H13N3OS. The maximum atomic E-state index is 12.1. The zero-order valence-electron chi connectivity index (χ0n) is 11.2. The smallest absolute Gasteiger partial charge is 0.257 e. The summed E-state index contributed by atoms with van der Waals surface area (Å²) in [4.78, 5) is 20.5. The molecule has 2 aromatic heterocycles. The third-order valence-electron chi connectivity index (χ3n) is 2.99. The lowest BCUT2D eigenvalue weighted by Crippen LogP contribution is -2.11. The molecule has 0 saturated carbocycles. The summed E-state index contributed by atoms with van der Waals surface area (Å²) in [6, 6.07) is 7.54. The number of aryl methyl sites for hydroxylation is 2. The van der Waals surface area contributed by atoms with E-state index in [1.54, 1.807) is 24.5 Å². The second-order valence-electron chi connectivity index (χ2n) is 4.64. The number of hydrogen-bond donors (Lipinski definition) is 1. The summed E-state index contributed by atoms with van der Waals surface area (Å²) in [5.74, 6) is -0.166. The molecule has 100 valence electrons. The molecule has 0 aliphatic carbocycles. The van der Waals surface area contributed by atoms with Gasteiger partial charge in [0.05, 0.1) is 10.2 Å². The minimum Gasteiger partial charge on any atom is -0.298 e. The van der Waals surface area contributed by atoms with E-state index in [-0.39, 0.29) is 5.91 Å². The number of anilines is 1. The zero-order chi connectivity index (χ0) is 14.1. The van der Waals surface area contributed by atoms with Crippen LogP contribution < -0.4 is 5.32 Å². The molecular weight excluding hydrogens is 270 g/mol. The molecule has 4 nitrogen and oxygen atoms in total. The topological polar surface area (TPSA) is 54.9 Å². The number of nitrogens with one attached hydrogen (secondary N) is 1. The molecule has 1 aromatic carbocycles. The van der Waals surface area contributed by atoms with Gasteiger partial charge in [0.2, 0.25) is 0 Å². The highest BCUT2D eigenvalue weighted by Gasteiger charge is 2.11. The Bertz CT molecular complexity index is 780. The summed E-state index contributed by atoms with van der Waals surface area (Å²) in [5.41, 5.74) is 3.85. The van der Waals surface area contributed by atoms with E-state index in [2.05, 4.69) is 34.3 Å². The van der Waals surface area contributed by atoms with Crippen molar-refractivity contribution in [2.24, 2.45) is 0 Å². The molecule has 1 amide bonds. The van der Waals surface area contributed by atoms with E-state index < -0.39 is 0 Å². The van der Waals surface area contributed by atoms with Crippen LogP contribution in [0.5, 0.6) is 0 Å². The SMILES string of the molecule is Cc1cc(C)c2nc(NC(=O)c3ccncc3)sc2c1. The summed E-state index contributed by atoms with van der Waals surface area (Å²) in [7, 11) is 0. The Kier molecular flexibility index (Phi) is 3.20. The molecule has 3 rings (SSSR count). The number of carbonyl (C=O) groups excluding carboxylic acids is 1. The molecule has 5 heteroatoms. The number of hydrogen-bond acceptors (Lipinski definition) is 4. The highest BCUT2D eigenvalue weighted by Crippen LogP contribution is 2.29. The number of carbonyl (C=O) groups is 1. The molecule has 0 radical (unpaired) electrons. The Hall–Kier alpha value is -2.27. The van der Waals surface area contributed by atoms with E-state index in [9.17, 15) is 4.79 Å². The van der Waals surface area contributed by atoms with Gasteiger partial charge >= 0.3 is 0 Å². The van der Waals surface area contributed by atoms with Crippen molar-refractivity contribution in [1.82, 2.24) is 9.97 Å². The van der Waals surface area contributed by atoms with Gasteiger partial charge in [0.15, 0.2) is 5.13 Å². The van der Waals surface area contributed by atoms with Crippen molar-refractivity contribution in [3.63, 3.8) is 0 Å². The van der Waals surface area contributed by atoms with Crippen LogP contribution in [0.4, 0.5) is 5.13 Å². The number of thiazole rings is 1. The van der Waals surface area contributed by atoms with Gasteiger partial charge in [0.1, 0.15) is 0 Å². The van der Waals surface area contributed by atoms with Gasteiger partial charge in [-0.1, -0.05) is 17.4 Å². The van der Waals surface area contributed by atoms with Crippen LogP contribution in [-0.2, 0) is 0 Å². The van der Waals surface area contributed by atoms with Gasteiger partial charge in [-0.15, -0.1) is 0 Å². The first-order chi connectivity index (χ1) is 9.63. The first-order valence-corrected chi connectivity index (χ1v) is 7.04. The fourth-order valence-corrected chi connectivity index (χ4v) is 3.13. The van der Waals surface area contributed by atoms with Crippen molar-refractivity contribution in [2.75, 3.05) is 5.32 Å². The van der Waals surface area contributed by atoms with E-state index >= 15 is 0 Å². The number of rotatable bonds is 2. The van der Waals surface area contributed by atoms with Crippen LogP contribution in [0.3, 0.4) is 0 Å². The minimum absolute atomic E-state index is 0.166. The average molecular weight is 283 g/mol. The van der Waals surface area contributed by atoms with Gasteiger partial charge in [-0.05, 0) is 43.2 Å². The molecule has 3 aromatic rings. The summed E-state index contributed by atoms with van der Waals surface area (Å²) >= 11 is 1.49. The standard InChI is InChI=1S/C15H13N3OS/c1-9-7-10(2)13-12(8-9)20-15(17-13)18-14(19)11-3-5-16-6-4-11/h3-8H,1-2H3,(H,17,18,19). The minimum atomic E-state index is -0.166. The normalized spacial score (nSPS) is 10.7. The molecule has 0 bridgehead atoms. The van der Waals surface area contributed by atoms with Gasteiger partial charge in [-0.2, -0.15) is 0 Å². The number of fused-ring (bicyclic) bond motifs is 1. The van der Waals surface area contributed by atoms with Crippen molar-refractivity contribution < 1.29 is 4.79 Å². The highest BCUT2D eigenvalue weighted by molar-refractivity contribution is 7.22. The van der Waals surface area contributed by atoms with Crippen LogP contribution in [0.2, 0.25) is 0 Å². The van der Waals surface area contributed by atoms with Gasteiger partial charge in [-0.3, -0.25) is 15.1 Å². The number of pyridine rings is 1. The summed E-state index contributed by atoms with van der Waals surface area (Å²) in [6.45, 7) is 4.09. The van der Waals surface area contributed by atoms with E-state index in [1.165, 1.54) is 16.9 Å². The maximum absolute atomic E-state index is 12.1. The number of amides is 1. The second-order valence-corrected chi connectivity index (χ2v) is 5.67. The van der Waals surface area contributed by atoms with Gasteiger partial charge in [0, 0.05) is 18.0 Å². The highest BCUT2D eigenvalue weighted by atomic mass is 32.1. The van der Waals surface area contributed by atoms with Crippen molar-refractivity contribution in [3.05, 3.63) is 53.3 Å². The first kappa shape index (κ1) is 12.7. The molecule has 0 unspecified atom stereocenters. The van der Waals surface area contributed by atoms with Crippen LogP contribution in [0.1, 0.15) is 21.5 Å². The Morgan fingerprint density at radius 2 is 1.95 bits per heavy atom. The van der Waals surface area contributed by atoms with Crippen LogP contribution in [0.15, 0.2) is 36.7 Å². The monoisotopic (exact) mass is 283 g/mol. The molecule has 0 saturated heterocycles. The molecule has 0 atom stereocenters. The van der Waals surface area contributed by atoms with E-state index in [0.717, 1.165) is 15.8 Å². The Morgan fingerprint density at radius 1 is 1.20 bits per heavy atom. The molecule has 0 fully saturated rings. The van der Waals surface area contributed by atoms with E-state index in [1.807, 2.05) is 6.92 Å². The fourth-order valence-electron chi connectivity index (χ4n) is 2.10. The molecule has 0 aliphatic heterocycles. The van der Waals surface area contributed by atoms with Crippen LogP contribution in [-0.4, -0.2) is 15.9 Å². The Balaban J connectivity index is 1.92. The van der Waals surface area contributed by atoms with Crippen molar-refractivity contribution in [3.8, 4) is 0 Å². The predicted molar refractivity (Wildman–Crippen MR) is 81.3 cm³/mol. The van der Waals surface area contributed by atoms with E-state index in [0.29, 0.717) is 10.7 Å². The summed E-state index contributed by atoms with van der Waals surface area (Å²) in [6.07, 6.45) is 3.20. The molecule has 0 aliphatic rings. The number of nitrogens with zero attached hydrogens (tertiary/aromatic N) is 2. The molecule has 1 N–H and O–H groups in total. The number of aromatic nitrogens is 2. The average Bonchev–Trinajstić information content (AvgIpc) is 2.82. The predicted octanol–water partition coefficient (Wildman–Crippen LogP) is 3.56. The van der Waals surface area contributed by atoms with Crippen molar-refractivity contribution >= 4 is 32.6 Å². The van der Waals surface area contributed by atoms with Crippen molar-refractivity contribution in [1.29, 1.82) is 0 Å². The van der Waals surface area contributed by atoms with Crippen LogP contribution in [0.25, 0.3) is 10.2 Å². The van der Waals surface area contributed by atoms with Crippen LogP contribution >= 0.6 is 11.3 Å². The summed E-state index contributed by atoms with van der Waals surface area (Å²) in [5, 5.41) is 3.46. The maximum Gasteiger partial charge on any atom is 0.257 e. The van der Waals surface area contributed by atoms with Crippen molar-refractivity contribution in [2.45, 2.75) is 13.8 Å². The Morgan fingerprint density at radius 3 is 2.70 bits per heavy atom. The molecule has 20 heavy (non-hydrogen) atoms. The van der Waals surface area contributed by atoms with Gasteiger partial charge < -0.3 is 0 Å². The number of benzene rings is 1. The van der Waals surface area contributed by atoms with Gasteiger partial charge in [-0.25, -0.2) is 4.98 Å². The lowest BCUT2D eigenvalue weighted by molar-refractivity contribution is 0.102. The quantitative estimate of drug-likeness (QED) is 0.782. The Labute approximate surface area is 120 Å². The lowest BCUT2D eigenvalue weighted by atomic mass is 10.1. The lowest BCUT2D eigenvalue weighted by Gasteiger charge is -1.99. The molecule has 2 heterocycles. The first-order valence-electron chi connectivity index (χ1n) is 6.22. The largest absolute Gasteiger partial charge is 0.298 e. The third kappa shape index (κ3) is 2.40. The second kappa shape index (κ2) is 5.02. The van der Waals surface area contributed by atoms with Gasteiger partial charge in [0.25, 0.3) is 5.91 Å². The molecule has 0 spiro atoms. The van der Waals surface area contributed by atoms with Crippen LogP contribution in [0, 0.1) is 13.8 Å². The van der Waals surface area contributed by atoms with E-state index in [4.69, 9.17) is 0 Å². The summed E-state index contributed by atoms with van der Waals surface area (Å²) < 4.78 is 1.09. The fraction of sp³-hybridized carbons (Fsp3) is 0.133.